The Morgan fingerprint density at radius 2 is 1.73 bits per heavy atom. The first kappa shape index (κ1) is 14.4. The second kappa shape index (κ2) is 6.06. The maximum atomic E-state index is 11.6. The summed E-state index contributed by atoms with van der Waals surface area (Å²) in [6, 6.07) is 12.4. The van der Waals surface area contributed by atoms with Crippen molar-refractivity contribution in [2.24, 2.45) is 0 Å². The summed E-state index contributed by atoms with van der Waals surface area (Å²) in [7, 11) is 0. The summed E-state index contributed by atoms with van der Waals surface area (Å²) in [5.41, 5.74) is 4.43. The summed E-state index contributed by atoms with van der Waals surface area (Å²) in [5.74, 6) is -0.829. The van der Waals surface area contributed by atoms with E-state index in [9.17, 15) is 15.0 Å². The van der Waals surface area contributed by atoms with Gasteiger partial charge in [-0.15, -0.1) is 0 Å². The lowest BCUT2D eigenvalue weighted by atomic mass is 9.87. The second-order valence-electron chi connectivity index (χ2n) is 5.60. The Labute approximate surface area is 129 Å². The lowest BCUT2D eigenvalue weighted by molar-refractivity contribution is -0.130. The fourth-order valence-corrected chi connectivity index (χ4v) is 3.01. The molecule has 22 heavy (non-hydrogen) atoms. The molecule has 0 spiro atoms. The average Bonchev–Trinajstić information content (AvgIpc) is 2.53. The van der Waals surface area contributed by atoms with E-state index in [4.69, 9.17) is 0 Å². The van der Waals surface area contributed by atoms with E-state index in [1.54, 1.807) is 18.2 Å². The highest BCUT2D eigenvalue weighted by molar-refractivity contribution is 6.20. The molecule has 0 saturated heterocycles. The zero-order valence-corrected chi connectivity index (χ0v) is 12.2. The van der Waals surface area contributed by atoms with Crippen LogP contribution in [0.15, 0.2) is 42.5 Å². The van der Waals surface area contributed by atoms with E-state index in [-0.39, 0.29) is 11.3 Å². The van der Waals surface area contributed by atoms with Crippen molar-refractivity contribution in [1.29, 1.82) is 0 Å². The van der Waals surface area contributed by atoms with Gasteiger partial charge in [-0.3, -0.25) is 0 Å². The molecule has 1 aliphatic rings. The number of phenolic OH excluding ortho intramolecular Hbond substituents is 1. The van der Waals surface area contributed by atoms with Gasteiger partial charge in [-0.25, -0.2) is 4.79 Å². The first-order chi connectivity index (χ1) is 10.6. The van der Waals surface area contributed by atoms with Crippen molar-refractivity contribution in [3.05, 3.63) is 64.7 Å². The minimum Gasteiger partial charge on any atom is -0.508 e. The third-order valence-corrected chi connectivity index (χ3v) is 4.14. The number of rotatable bonds is 3. The van der Waals surface area contributed by atoms with Crippen LogP contribution >= 0.6 is 0 Å². The monoisotopic (exact) mass is 294 g/mol. The van der Waals surface area contributed by atoms with E-state index in [2.05, 4.69) is 6.07 Å². The molecule has 0 fully saturated rings. The maximum Gasteiger partial charge on any atom is 0.336 e. The van der Waals surface area contributed by atoms with E-state index in [0.29, 0.717) is 5.56 Å². The molecule has 2 aromatic rings. The van der Waals surface area contributed by atoms with Gasteiger partial charge in [0.1, 0.15) is 5.75 Å². The number of fused-ring (bicyclic) bond motifs is 1. The molecule has 0 aromatic heterocycles. The Hall–Kier alpha value is -2.55. The Morgan fingerprint density at radius 1 is 1.00 bits per heavy atom. The normalized spacial score (nSPS) is 14.5. The van der Waals surface area contributed by atoms with Gasteiger partial charge in [0.05, 0.1) is 5.57 Å². The summed E-state index contributed by atoms with van der Waals surface area (Å²) in [6.45, 7) is 0. The Balaban J connectivity index is 2.07. The fraction of sp³-hybridized carbons (Fsp3) is 0.211. The van der Waals surface area contributed by atoms with Crippen LogP contribution in [0, 0.1) is 0 Å². The summed E-state index contributed by atoms with van der Waals surface area (Å²) >= 11 is 0. The standard InChI is InChI=1S/C19H18O3/c20-16-10-8-14(9-11-16)18(19(21)22)12-15-6-3-5-13-4-1-2-7-17(13)15/h3,5-6,8-12,20H,1-2,4,7H2,(H,21,22)/b18-12-. The van der Waals surface area contributed by atoms with Crippen LogP contribution in [0.5, 0.6) is 5.75 Å². The molecule has 0 atom stereocenters. The highest BCUT2D eigenvalue weighted by Crippen LogP contribution is 2.28. The highest BCUT2D eigenvalue weighted by atomic mass is 16.4. The molecule has 0 amide bonds. The van der Waals surface area contributed by atoms with Crippen LogP contribution < -0.4 is 0 Å². The lowest BCUT2D eigenvalue weighted by Gasteiger charge is -2.18. The van der Waals surface area contributed by atoms with Crippen LogP contribution in [-0.4, -0.2) is 16.2 Å². The van der Waals surface area contributed by atoms with Gasteiger partial charge in [0, 0.05) is 0 Å². The van der Waals surface area contributed by atoms with Crippen LogP contribution in [0.2, 0.25) is 0 Å². The van der Waals surface area contributed by atoms with Crippen LogP contribution in [0.3, 0.4) is 0 Å². The number of carbonyl (C=O) groups is 1. The highest BCUT2D eigenvalue weighted by Gasteiger charge is 2.15. The summed E-state index contributed by atoms with van der Waals surface area (Å²) in [5, 5.41) is 18.9. The van der Waals surface area contributed by atoms with E-state index >= 15 is 0 Å². The Bertz CT molecular complexity index is 727. The zero-order chi connectivity index (χ0) is 15.5. The molecule has 2 aromatic carbocycles. The third kappa shape index (κ3) is 2.89. The van der Waals surface area contributed by atoms with E-state index in [1.807, 2.05) is 12.1 Å². The summed E-state index contributed by atoms with van der Waals surface area (Å²) in [4.78, 5) is 11.6. The smallest absolute Gasteiger partial charge is 0.336 e. The van der Waals surface area contributed by atoms with E-state index in [1.165, 1.54) is 29.7 Å². The van der Waals surface area contributed by atoms with Gasteiger partial charge in [-0.2, -0.15) is 0 Å². The lowest BCUT2D eigenvalue weighted by Crippen LogP contribution is -2.05. The predicted octanol–water partition coefficient (Wildman–Crippen LogP) is 3.90. The SMILES string of the molecule is O=C(O)/C(=C\c1cccc2c1CCCC2)c1ccc(O)cc1. The van der Waals surface area contributed by atoms with Crippen molar-refractivity contribution in [2.75, 3.05) is 0 Å². The number of aliphatic carboxylic acids is 1. The zero-order valence-electron chi connectivity index (χ0n) is 12.2. The van der Waals surface area contributed by atoms with Gasteiger partial charge in [-0.05, 0) is 66.1 Å². The van der Waals surface area contributed by atoms with E-state index < -0.39 is 5.97 Å². The Kier molecular flexibility index (Phi) is 3.96. The molecule has 0 heterocycles. The molecule has 0 bridgehead atoms. The molecule has 0 aliphatic heterocycles. The number of hydrogen-bond donors (Lipinski definition) is 2. The molecule has 0 radical (unpaired) electrons. The minimum atomic E-state index is -0.959. The van der Waals surface area contributed by atoms with Crippen LogP contribution in [0.1, 0.15) is 35.1 Å². The quantitative estimate of drug-likeness (QED) is 0.667. The molecule has 0 unspecified atom stereocenters. The van der Waals surface area contributed by atoms with E-state index in [0.717, 1.165) is 24.8 Å². The number of carboxylic acid groups (broad SMARTS) is 1. The van der Waals surface area contributed by atoms with Gasteiger partial charge in [0.15, 0.2) is 0 Å². The van der Waals surface area contributed by atoms with Crippen LogP contribution in [0.25, 0.3) is 11.6 Å². The van der Waals surface area contributed by atoms with Gasteiger partial charge >= 0.3 is 5.97 Å². The van der Waals surface area contributed by atoms with Gasteiger partial charge < -0.3 is 10.2 Å². The average molecular weight is 294 g/mol. The van der Waals surface area contributed by atoms with Crippen molar-refractivity contribution in [3.8, 4) is 5.75 Å². The van der Waals surface area contributed by atoms with Crippen LogP contribution in [0.4, 0.5) is 0 Å². The largest absolute Gasteiger partial charge is 0.508 e. The molecule has 112 valence electrons. The van der Waals surface area contributed by atoms with Crippen molar-refractivity contribution >= 4 is 17.6 Å². The molecule has 3 nitrogen and oxygen atoms in total. The molecular formula is C19H18O3. The maximum absolute atomic E-state index is 11.6. The second-order valence-corrected chi connectivity index (χ2v) is 5.60. The van der Waals surface area contributed by atoms with Gasteiger partial charge in [0.2, 0.25) is 0 Å². The molecular weight excluding hydrogens is 276 g/mol. The van der Waals surface area contributed by atoms with Crippen molar-refractivity contribution < 1.29 is 15.0 Å². The number of aromatic hydroxyl groups is 1. The van der Waals surface area contributed by atoms with Crippen molar-refractivity contribution in [2.45, 2.75) is 25.7 Å². The van der Waals surface area contributed by atoms with Crippen LogP contribution in [-0.2, 0) is 17.6 Å². The molecule has 0 saturated carbocycles. The minimum absolute atomic E-state index is 0.130. The summed E-state index contributed by atoms with van der Waals surface area (Å²) < 4.78 is 0. The molecule has 1 aliphatic carbocycles. The molecule has 2 N–H and O–H groups in total. The number of aryl methyl sites for hydroxylation is 1. The third-order valence-electron chi connectivity index (χ3n) is 4.14. The summed E-state index contributed by atoms with van der Waals surface area (Å²) in [6.07, 6.45) is 6.17. The number of hydrogen-bond acceptors (Lipinski definition) is 2. The van der Waals surface area contributed by atoms with Crippen molar-refractivity contribution in [3.63, 3.8) is 0 Å². The fourth-order valence-electron chi connectivity index (χ4n) is 3.01. The van der Waals surface area contributed by atoms with Gasteiger partial charge in [-0.1, -0.05) is 30.3 Å². The Morgan fingerprint density at radius 3 is 2.45 bits per heavy atom. The number of carboxylic acids is 1. The topological polar surface area (TPSA) is 57.5 Å². The predicted molar refractivity (Wildman–Crippen MR) is 86.7 cm³/mol. The number of benzene rings is 2. The molecule has 3 heteroatoms. The van der Waals surface area contributed by atoms with Crippen molar-refractivity contribution in [1.82, 2.24) is 0 Å². The van der Waals surface area contributed by atoms with Gasteiger partial charge in [0.25, 0.3) is 0 Å². The number of phenols is 1. The first-order valence-electron chi connectivity index (χ1n) is 7.50. The first-order valence-corrected chi connectivity index (χ1v) is 7.50. The molecule has 3 rings (SSSR count).